The average Bonchev–Trinajstić information content (AvgIpc) is 3.05. The molecule has 0 radical (unpaired) electrons. The van der Waals surface area contributed by atoms with E-state index in [1.165, 1.54) is 8.77 Å². The molecule has 27 heavy (non-hydrogen) atoms. The summed E-state index contributed by atoms with van der Waals surface area (Å²) < 4.78 is 34.0. The van der Waals surface area contributed by atoms with Crippen LogP contribution in [0.2, 0.25) is 4.82 Å². The van der Waals surface area contributed by atoms with Crippen LogP contribution in [0.3, 0.4) is 0 Å². The number of hydrogen-bond donors (Lipinski definition) is 1. The molecule has 0 spiro atoms. The van der Waals surface area contributed by atoms with Crippen LogP contribution in [-0.4, -0.2) is 53.0 Å². The molecule has 2 aromatic carbocycles. The predicted molar refractivity (Wildman–Crippen MR) is 105 cm³/mol. The molecular weight excluding hydrogens is 431 g/mol. The number of hydrogen-bond acceptors (Lipinski definition) is 4. The van der Waals surface area contributed by atoms with Gasteiger partial charge in [-0.3, -0.25) is 0 Å². The van der Waals surface area contributed by atoms with Crippen molar-refractivity contribution in [2.75, 3.05) is 13.2 Å². The van der Waals surface area contributed by atoms with E-state index in [9.17, 15) is 13.2 Å². The van der Waals surface area contributed by atoms with Crippen LogP contribution in [0.25, 0.3) is 0 Å². The number of carbonyl (C=O) groups is 1. The van der Waals surface area contributed by atoms with Crippen molar-refractivity contribution in [3.63, 3.8) is 0 Å². The van der Waals surface area contributed by atoms with E-state index >= 15 is 0 Å². The van der Waals surface area contributed by atoms with Gasteiger partial charge in [-0.2, -0.15) is 0 Å². The van der Waals surface area contributed by atoms with Gasteiger partial charge in [0.1, 0.15) is 0 Å². The molecule has 2 atom stereocenters. The number of carbonyl (C=O) groups excluding carboxylic acids is 1. The maximum atomic E-state index is 13.2. The molecule has 6 nitrogen and oxygen atoms in total. The van der Waals surface area contributed by atoms with E-state index in [2.05, 4.69) is 12.1 Å². The van der Waals surface area contributed by atoms with Gasteiger partial charge in [0, 0.05) is 0 Å². The first-order valence-corrected chi connectivity index (χ1v) is 11.9. The normalized spacial score (nSPS) is 20.5. The fraction of sp³-hybridized carbons (Fsp3) is 0.316. The Hall–Kier alpha value is -1.86. The van der Waals surface area contributed by atoms with Gasteiger partial charge >= 0.3 is 166 Å². The first kappa shape index (κ1) is 19.9. The molecule has 0 saturated carbocycles. The van der Waals surface area contributed by atoms with Crippen molar-refractivity contribution in [1.29, 1.82) is 0 Å². The van der Waals surface area contributed by atoms with Crippen molar-refractivity contribution in [3.05, 3.63) is 60.2 Å². The fourth-order valence-corrected chi connectivity index (χ4v) is 7.60. The SMILES string of the molecule is Cc1ccc(S(=O)(=O)N2C[C@@H]([Se]c3ccccc3)C[C@H]2COC(N)=O)cc1. The number of sulfonamides is 1. The second-order valence-electron chi connectivity index (χ2n) is 6.46. The standard InChI is InChI=1S/C19H22N2O4SSe/c1-14-7-9-16(10-8-14)26(23,24)21-12-18(11-15(21)13-25-19(20)22)27-17-5-3-2-4-6-17/h2-10,15,18H,11-13H2,1H3,(H2,20,22)/t15-,18-/m0/s1. The summed E-state index contributed by atoms with van der Waals surface area (Å²) in [6, 6.07) is 16.5. The number of nitrogens with two attached hydrogens (primary N) is 1. The number of ether oxygens (including phenoxy) is 1. The minimum absolute atomic E-state index is 0.0260. The van der Waals surface area contributed by atoms with Crippen molar-refractivity contribution < 1.29 is 17.9 Å². The van der Waals surface area contributed by atoms with Gasteiger partial charge in [-0.1, -0.05) is 0 Å². The third kappa shape index (κ3) is 4.90. The van der Waals surface area contributed by atoms with Gasteiger partial charge in [-0.15, -0.1) is 0 Å². The summed E-state index contributed by atoms with van der Waals surface area (Å²) in [6.07, 6.45) is -0.243. The molecule has 1 aliphatic heterocycles. The van der Waals surface area contributed by atoms with Crippen LogP contribution in [0.4, 0.5) is 4.79 Å². The van der Waals surface area contributed by atoms with E-state index in [-0.39, 0.29) is 31.3 Å². The second-order valence-corrected chi connectivity index (χ2v) is 11.2. The summed E-state index contributed by atoms with van der Waals surface area (Å²) in [7, 11) is -3.67. The van der Waals surface area contributed by atoms with Crippen molar-refractivity contribution in [2.24, 2.45) is 5.73 Å². The van der Waals surface area contributed by atoms with E-state index in [1.807, 2.05) is 25.1 Å². The zero-order chi connectivity index (χ0) is 19.4. The number of nitrogens with zero attached hydrogens (tertiary/aromatic N) is 1. The first-order chi connectivity index (χ1) is 12.9. The molecule has 2 N–H and O–H groups in total. The van der Waals surface area contributed by atoms with E-state index in [0.29, 0.717) is 13.0 Å². The van der Waals surface area contributed by atoms with E-state index in [1.54, 1.807) is 24.3 Å². The Morgan fingerprint density at radius 1 is 1.19 bits per heavy atom. The summed E-state index contributed by atoms with van der Waals surface area (Å²) in [5, 5.41) is 0. The first-order valence-electron chi connectivity index (χ1n) is 8.58. The van der Waals surface area contributed by atoms with Crippen LogP contribution in [0.15, 0.2) is 59.5 Å². The molecule has 144 valence electrons. The summed E-state index contributed by atoms with van der Waals surface area (Å²) in [5.74, 6) is 0. The summed E-state index contributed by atoms with van der Waals surface area (Å²) in [5.41, 5.74) is 6.08. The van der Waals surface area contributed by atoms with Crippen molar-refractivity contribution in [1.82, 2.24) is 4.31 Å². The zero-order valence-electron chi connectivity index (χ0n) is 14.9. The van der Waals surface area contributed by atoms with Crippen LogP contribution in [0.5, 0.6) is 0 Å². The molecule has 0 aromatic heterocycles. The Balaban J connectivity index is 1.82. The Kier molecular flexibility index (Phi) is 6.22. The number of primary amides is 1. The second kappa shape index (κ2) is 8.44. The molecule has 1 amide bonds. The van der Waals surface area contributed by atoms with Gasteiger partial charge in [-0.25, -0.2) is 0 Å². The van der Waals surface area contributed by atoms with Crippen LogP contribution >= 0.6 is 0 Å². The molecule has 0 bridgehead atoms. The molecule has 0 unspecified atom stereocenters. The predicted octanol–water partition coefficient (Wildman–Crippen LogP) is 1.67. The molecule has 1 fully saturated rings. The summed E-state index contributed by atoms with van der Waals surface area (Å²) in [4.78, 5) is 11.5. The summed E-state index contributed by atoms with van der Waals surface area (Å²) in [6.45, 7) is 2.30. The molecule has 3 rings (SSSR count). The third-order valence-corrected chi connectivity index (χ3v) is 8.91. The molecule has 8 heteroatoms. The van der Waals surface area contributed by atoms with E-state index < -0.39 is 22.2 Å². The van der Waals surface area contributed by atoms with Gasteiger partial charge < -0.3 is 0 Å². The summed E-state index contributed by atoms with van der Waals surface area (Å²) >= 11 is 0.129. The molecule has 0 aliphatic carbocycles. The Morgan fingerprint density at radius 3 is 2.48 bits per heavy atom. The Morgan fingerprint density at radius 2 is 1.85 bits per heavy atom. The van der Waals surface area contributed by atoms with Crippen LogP contribution < -0.4 is 10.2 Å². The zero-order valence-corrected chi connectivity index (χ0v) is 17.5. The third-order valence-electron chi connectivity index (χ3n) is 4.42. The quantitative estimate of drug-likeness (QED) is 0.674. The number of amides is 1. The van der Waals surface area contributed by atoms with Crippen LogP contribution in [0.1, 0.15) is 12.0 Å². The van der Waals surface area contributed by atoms with Crippen LogP contribution in [0, 0.1) is 6.92 Å². The number of aryl methyl sites for hydroxylation is 1. The van der Waals surface area contributed by atoms with Crippen molar-refractivity contribution >= 4 is 35.5 Å². The van der Waals surface area contributed by atoms with Crippen molar-refractivity contribution in [3.8, 4) is 0 Å². The Labute approximate surface area is 165 Å². The molecular formula is C19H22N2O4SSe. The topological polar surface area (TPSA) is 89.7 Å². The number of benzene rings is 2. The van der Waals surface area contributed by atoms with Gasteiger partial charge in [0.15, 0.2) is 0 Å². The minimum atomic E-state index is -3.67. The monoisotopic (exact) mass is 454 g/mol. The van der Waals surface area contributed by atoms with Gasteiger partial charge in [0.05, 0.1) is 0 Å². The molecule has 1 heterocycles. The van der Waals surface area contributed by atoms with E-state index in [4.69, 9.17) is 10.5 Å². The fourth-order valence-electron chi connectivity index (χ4n) is 3.09. The maximum absolute atomic E-state index is 13.2. The molecule has 2 aromatic rings. The van der Waals surface area contributed by atoms with Gasteiger partial charge in [0.2, 0.25) is 0 Å². The molecule has 1 aliphatic rings. The van der Waals surface area contributed by atoms with Crippen molar-refractivity contribution in [2.45, 2.75) is 29.1 Å². The van der Waals surface area contributed by atoms with E-state index in [0.717, 1.165) is 5.56 Å². The van der Waals surface area contributed by atoms with Gasteiger partial charge in [-0.05, 0) is 0 Å². The average molecular weight is 453 g/mol. The van der Waals surface area contributed by atoms with Gasteiger partial charge in [0.25, 0.3) is 0 Å². The van der Waals surface area contributed by atoms with Crippen LogP contribution in [-0.2, 0) is 14.8 Å². The molecule has 1 saturated heterocycles. The Bertz CT molecular complexity index is 888. The number of rotatable bonds is 6.